The highest BCUT2D eigenvalue weighted by atomic mass is 16.7. The molecule has 0 aliphatic carbocycles. The first-order chi connectivity index (χ1) is 12.8. The van der Waals surface area contributed by atoms with Gasteiger partial charge in [-0.3, -0.25) is 4.79 Å². The molecular formula is C20H26N4O2. The van der Waals surface area contributed by atoms with Crippen molar-refractivity contribution in [1.82, 2.24) is 10.0 Å². The van der Waals surface area contributed by atoms with Crippen LogP contribution in [-0.2, 0) is 16.1 Å². The molecule has 1 N–H and O–H groups in total. The standard InChI is InChI=1S/C20H26N4O2/c1-2-21-18-9-6-12-22-20(18)23-13-15-24(16-14-23)26-19(25)11-10-17-7-4-3-5-8-17/h3-9,12,21H,2,10-11,13-16H2,1H3. The summed E-state index contributed by atoms with van der Waals surface area (Å²) in [4.78, 5) is 24.3. The number of rotatable bonds is 7. The molecule has 3 rings (SSSR count). The number of piperazine rings is 1. The van der Waals surface area contributed by atoms with E-state index in [1.54, 1.807) is 5.06 Å². The molecule has 1 aromatic carbocycles. The maximum absolute atomic E-state index is 12.1. The fraction of sp³-hybridized carbons (Fsp3) is 0.400. The number of anilines is 2. The molecule has 1 aromatic heterocycles. The normalized spacial score (nSPS) is 14.9. The van der Waals surface area contributed by atoms with Crippen molar-refractivity contribution in [3.8, 4) is 0 Å². The Labute approximate surface area is 154 Å². The van der Waals surface area contributed by atoms with E-state index in [0.717, 1.165) is 36.7 Å². The van der Waals surface area contributed by atoms with Gasteiger partial charge in [-0.2, -0.15) is 0 Å². The highest BCUT2D eigenvalue weighted by Gasteiger charge is 2.22. The van der Waals surface area contributed by atoms with Crippen LogP contribution in [0.2, 0.25) is 0 Å². The Hall–Kier alpha value is -2.60. The molecule has 0 unspecified atom stereocenters. The number of aryl methyl sites for hydroxylation is 1. The summed E-state index contributed by atoms with van der Waals surface area (Å²) in [5.74, 6) is 0.790. The van der Waals surface area contributed by atoms with Gasteiger partial charge in [0.1, 0.15) is 0 Å². The Bertz CT molecular complexity index is 700. The van der Waals surface area contributed by atoms with Gasteiger partial charge < -0.3 is 15.1 Å². The molecule has 0 amide bonds. The summed E-state index contributed by atoms with van der Waals surface area (Å²) in [7, 11) is 0. The number of carbonyl (C=O) groups is 1. The van der Waals surface area contributed by atoms with Gasteiger partial charge in [0.15, 0.2) is 5.82 Å². The van der Waals surface area contributed by atoms with Crippen LogP contribution in [0.1, 0.15) is 18.9 Å². The Morgan fingerprint density at radius 1 is 1.12 bits per heavy atom. The van der Waals surface area contributed by atoms with Gasteiger partial charge in [-0.05, 0) is 31.0 Å². The first-order valence-corrected chi connectivity index (χ1v) is 9.19. The Balaban J connectivity index is 1.46. The van der Waals surface area contributed by atoms with E-state index in [2.05, 4.69) is 22.1 Å². The highest BCUT2D eigenvalue weighted by molar-refractivity contribution is 5.69. The zero-order chi connectivity index (χ0) is 18.2. The van der Waals surface area contributed by atoms with Gasteiger partial charge in [0.05, 0.1) is 25.2 Å². The van der Waals surface area contributed by atoms with Gasteiger partial charge in [-0.25, -0.2) is 4.98 Å². The second-order valence-electron chi connectivity index (χ2n) is 6.27. The molecule has 2 aromatic rings. The smallest absolute Gasteiger partial charge is 0.325 e. The molecule has 1 aliphatic heterocycles. The van der Waals surface area contributed by atoms with Crippen molar-refractivity contribution >= 4 is 17.5 Å². The summed E-state index contributed by atoms with van der Waals surface area (Å²) in [5, 5.41) is 5.11. The Morgan fingerprint density at radius 3 is 2.62 bits per heavy atom. The third kappa shape index (κ3) is 4.95. The quantitative estimate of drug-likeness (QED) is 0.825. The molecule has 6 heteroatoms. The lowest BCUT2D eigenvalue weighted by Crippen LogP contribution is -2.47. The summed E-state index contributed by atoms with van der Waals surface area (Å²) in [6.45, 7) is 5.85. The van der Waals surface area contributed by atoms with Crippen molar-refractivity contribution in [2.24, 2.45) is 0 Å². The van der Waals surface area contributed by atoms with E-state index in [-0.39, 0.29) is 5.97 Å². The number of benzene rings is 1. The molecule has 2 heterocycles. The molecule has 0 atom stereocenters. The minimum Gasteiger partial charge on any atom is -0.382 e. The fourth-order valence-corrected chi connectivity index (χ4v) is 3.05. The summed E-state index contributed by atoms with van der Waals surface area (Å²) in [6.07, 6.45) is 2.92. The molecule has 138 valence electrons. The van der Waals surface area contributed by atoms with Crippen LogP contribution < -0.4 is 10.2 Å². The van der Waals surface area contributed by atoms with Crippen molar-refractivity contribution in [2.45, 2.75) is 19.8 Å². The molecule has 1 aliphatic rings. The van der Waals surface area contributed by atoms with Gasteiger partial charge in [0.25, 0.3) is 0 Å². The molecule has 1 fully saturated rings. The van der Waals surface area contributed by atoms with Crippen molar-refractivity contribution in [3.63, 3.8) is 0 Å². The second kappa shape index (κ2) is 9.20. The number of hydrogen-bond donors (Lipinski definition) is 1. The summed E-state index contributed by atoms with van der Waals surface area (Å²) >= 11 is 0. The van der Waals surface area contributed by atoms with Crippen LogP contribution >= 0.6 is 0 Å². The van der Waals surface area contributed by atoms with E-state index >= 15 is 0 Å². The number of hydrogen-bond acceptors (Lipinski definition) is 6. The highest BCUT2D eigenvalue weighted by Crippen LogP contribution is 2.23. The van der Waals surface area contributed by atoms with E-state index < -0.39 is 0 Å². The van der Waals surface area contributed by atoms with Crippen LogP contribution in [0, 0.1) is 0 Å². The van der Waals surface area contributed by atoms with Gasteiger partial charge in [-0.1, -0.05) is 30.3 Å². The van der Waals surface area contributed by atoms with Gasteiger partial charge in [0, 0.05) is 25.8 Å². The number of nitrogens with one attached hydrogen (secondary N) is 1. The maximum Gasteiger partial charge on any atom is 0.325 e. The summed E-state index contributed by atoms with van der Waals surface area (Å²) in [5.41, 5.74) is 2.20. The third-order valence-electron chi connectivity index (χ3n) is 4.38. The van der Waals surface area contributed by atoms with Crippen LogP contribution in [0.25, 0.3) is 0 Å². The van der Waals surface area contributed by atoms with Gasteiger partial charge in [-0.15, -0.1) is 5.06 Å². The monoisotopic (exact) mass is 354 g/mol. The molecule has 0 saturated carbocycles. The van der Waals surface area contributed by atoms with Crippen LogP contribution in [0.3, 0.4) is 0 Å². The lowest BCUT2D eigenvalue weighted by Gasteiger charge is -2.34. The number of pyridine rings is 1. The molecule has 0 spiro atoms. The lowest BCUT2D eigenvalue weighted by atomic mass is 10.1. The summed E-state index contributed by atoms with van der Waals surface area (Å²) < 4.78 is 0. The number of hydroxylamine groups is 2. The number of nitrogens with zero attached hydrogens (tertiary/aromatic N) is 3. The molecule has 1 saturated heterocycles. The predicted molar refractivity (Wildman–Crippen MR) is 103 cm³/mol. The first kappa shape index (κ1) is 18.2. The van der Waals surface area contributed by atoms with Gasteiger partial charge in [0.2, 0.25) is 0 Å². The largest absolute Gasteiger partial charge is 0.382 e. The van der Waals surface area contributed by atoms with E-state index in [1.807, 2.05) is 48.7 Å². The van der Waals surface area contributed by atoms with Crippen LogP contribution in [-0.4, -0.2) is 48.7 Å². The predicted octanol–water partition coefficient (Wildman–Crippen LogP) is 2.73. The van der Waals surface area contributed by atoms with Crippen molar-refractivity contribution in [3.05, 3.63) is 54.2 Å². The molecule has 26 heavy (non-hydrogen) atoms. The second-order valence-corrected chi connectivity index (χ2v) is 6.27. The minimum absolute atomic E-state index is 0.173. The molecule has 0 bridgehead atoms. The van der Waals surface area contributed by atoms with Crippen molar-refractivity contribution in [1.29, 1.82) is 0 Å². The first-order valence-electron chi connectivity index (χ1n) is 9.19. The van der Waals surface area contributed by atoms with E-state index in [0.29, 0.717) is 25.9 Å². The van der Waals surface area contributed by atoms with E-state index in [9.17, 15) is 4.79 Å². The number of aromatic nitrogens is 1. The van der Waals surface area contributed by atoms with Crippen molar-refractivity contribution < 1.29 is 9.63 Å². The average molecular weight is 354 g/mol. The zero-order valence-electron chi connectivity index (χ0n) is 15.2. The Kier molecular flexibility index (Phi) is 6.44. The lowest BCUT2D eigenvalue weighted by molar-refractivity contribution is -0.191. The van der Waals surface area contributed by atoms with Crippen molar-refractivity contribution in [2.75, 3.05) is 42.9 Å². The number of carbonyl (C=O) groups excluding carboxylic acids is 1. The topological polar surface area (TPSA) is 57.7 Å². The van der Waals surface area contributed by atoms with Crippen LogP contribution in [0.5, 0.6) is 0 Å². The van der Waals surface area contributed by atoms with E-state index in [4.69, 9.17) is 4.84 Å². The van der Waals surface area contributed by atoms with Crippen LogP contribution in [0.15, 0.2) is 48.7 Å². The maximum atomic E-state index is 12.1. The zero-order valence-corrected chi connectivity index (χ0v) is 15.2. The third-order valence-corrected chi connectivity index (χ3v) is 4.38. The van der Waals surface area contributed by atoms with Gasteiger partial charge >= 0.3 is 5.97 Å². The van der Waals surface area contributed by atoms with E-state index in [1.165, 1.54) is 0 Å². The SMILES string of the molecule is CCNc1cccnc1N1CCN(OC(=O)CCc2ccccc2)CC1. The summed E-state index contributed by atoms with van der Waals surface area (Å²) in [6, 6.07) is 14.0. The fourth-order valence-electron chi connectivity index (χ4n) is 3.05. The minimum atomic E-state index is -0.173. The van der Waals surface area contributed by atoms with Crippen LogP contribution in [0.4, 0.5) is 11.5 Å². The average Bonchev–Trinajstić information content (AvgIpc) is 2.69. The molecule has 0 radical (unpaired) electrons. The molecular weight excluding hydrogens is 328 g/mol. The molecule has 6 nitrogen and oxygen atoms in total. The Morgan fingerprint density at radius 2 is 1.88 bits per heavy atom.